The molecule has 2 unspecified atom stereocenters. The third-order valence-electron chi connectivity index (χ3n) is 10.7. The summed E-state index contributed by atoms with van der Waals surface area (Å²) in [6.45, 7) is 4.16. The molecule has 0 aliphatic rings. The third kappa shape index (κ3) is 43.0. The maximum absolute atomic E-state index is 12.4. The second kappa shape index (κ2) is 47.2. The van der Waals surface area contributed by atoms with Gasteiger partial charge in [-0.3, -0.25) is 4.79 Å². The normalized spacial score (nSPS) is 13.6. The zero-order valence-corrected chi connectivity index (χ0v) is 37.1. The van der Waals surface area contributed by atoms with E-state index in [1.54, 1.807) is 6.08 Å². The zero-order chi connectivity index (χ0) is 40.7. The summed E-state index contributed by atoms with van der Waals surface area (Å²) in [7, 11) is 0. The zero-order valence-electron chi connectivity index (χ0n) is 37.1. The highest BCUT2D eigenvalue weighted by atomic mass is 16.3. The summed E-state index contributed by atoms with van der Waals surface area (Å²) in [4.78, 5) is 12.4. The number of nitrogens with one attached hydrogen (secondary N) is 1. The van der Waals surface area contributed by atoms with Crippen molar-refractivity contribution in [2.45, 2.75) is 244 Å². The Kier molecular flexibility index (Phi) is 45.4. The predicted octanol–water partition coefficient (Wildman–Crippen LogP) is 15.5. The standard InChI is InChI=1S/C52H93NO3/c1-3-5-7-9-11-13-15-16-17-18-19-20-21-22-23-24-25-26-27-28-29-30-31-32-33-34-35-36-38-40-42-44-46-48-52(56)53-50(49-54)51(55)47-45-43-41-39-37-14-12-10-8-6-4-2/h5,7,11,13,16-17,19-20,37,39,45,47,50-51,54-55H,3-4,6,8-10,12,14-15,18,21-36,38,40-44,46,48-49H2,1-2H3,(H,53,56)/b7-5-,13-11-,17-16-,20-19-,39-37+,47-45+. The molecule has 0 fully saturated rings. The number of carbonyl (C=O) groups is 1. The molecule has 0 aromatic rings. The highest BCUT2D eigenvalue weighted by Crippen LogP contribution is 2.16. The van der Waals surface area contributed by atoms with Crippen LogP contribution in [0.4, 0.5) is 0 Å². The van der Waals surface area contributed by atoms with Gasteiger partial charge in [0.15, 0.2) is 0 Å². The van der Waals surface area contributed by atoms with E-state index in [2.05, 4.69) is 79.9 Å². The van der Waals surface area contributed by atoms with Gasteiger partial charge in [0, 0.05) is 6.42 Å². The molecule has 2 atom stereocenters. The summed E-state index contributed by atoms with van der Waals surface area (Å²) in [5.74, 6) is -0.0752. The lowest BCUT2D eigenvalue weighted by atomic mass is 10.0. The Labute approximate surface area is 349 Å². The van der Waals surface area contributed by atoms with E-state index in [0.29, 0.717) is 6.42 Å². The number of unbranched alkanes of at least 4 members (excludes halogenated alkanes) is 26. The van der Waals surface area contributed by atoms with Gasteiger partial charge in [-0.25, -0.2) is 0 Å². The quantitative estimate of drug-likeness (QED) is 0.0426. The van der Waals surface area contributed by atoms with E-state index in [1.165, 1.54) is 154 Å². The molecule has 0 saturated carbocycles. The van der Waals surface area contributed by atoms with E-state index in [9.17, 15) is 15.0 Å². The summed E-state index contributed by atoms with van der Waals surface area (Å²) >= 11 is 0. The van der Waals surface area contributed by atoms with Gasteiger partial charge in [0.25, 0.3) is 0 Å². The van der Waals surface area contributed by atoms with E-state index < -0.39 is 12.1 Å². The van der Waals surface area contributed by atoms with Crippen molar-refractivity contribution >= 4 is 5.91 Å². The second-order valence-corrected chi connectivity index (χ2v) is 16.1. The average Bonchev–Trinajstić information content (AvgIpc) is 3.20. The first-order chi connectivity index (χ1) is 27.7. The Balaban J connectivity index is 3.46. The number of aliphatic hydroxyl groups excluding tert-OH is 2. The van der Waals surface area contributed by atoms with Crippen molar-refractivity contribution in [1.29, 1.82) is 0 Å². The van der Waals surface area contributed by atoms with Crippen LogP contribution < -0.4 is 5.32 Å². The molecule has 3 N–H and O–H groups in total. The van der Waals surface area contributed by atoms with Crippen LogP contribution in [0.2, 0.25) is 0 Å². The molecular weight excluding hydrogens is 687 g/mol. The monoisotopic (exact) mass is 780 g/mol. The van der Waals surface area contributed by atoms with E-state index >= 15 is 0 Å². The van der Waals surface area contributed by atoms with Crippen molar-refractivity contribution in [2.24, 2.45) is 0 Å². The van der Waals surface area contributed by atoms with Crippen LogP contribution in [0, 0.1) is 0 Å². The molecule has 4 heteroatoms. The summed E-state index contributed by atoms with van der Waals surface area (Å²) in [6.07, 6.45) is 67.6. The highest BCUT2D eigenvalue weighted by molar-refractivity contribution is 5.76. The number of allylic oxidation sites excluding steroid dienone is 11. The minimum atomic E-state index is -0.861. The Morgan fingerprint density at radius 2 is 0.804 bits per heavy atom. The van der Waals surface area contributed by atoms with Crippen molar-refractivity contribution in [3.8, 4) is 0 Å². The van der Waals surface area contributed by atoms with Crippen molar-refractivity contribution in [2.75, 3.05) is 6.61 Å². The Hall–Kier alpha value is -2.17. The van der Waals surface area contributed by atoms with Crippen LogP contribution in [-0.2, 0) is 4.79 Å². The van der Waals surface area contributed by atoms with Crippen LogP contribution in [0.1, 0.15) is 232 Å². The lowest BCUT2D eigenvalue weighted by molar-refractivity contribution is -0.123. The smallest absolute Gasteiger partial charge is 0.220 e. The van der Waals surface area contributed by atoms with E-state index in [1.807, 2.05) is 6.08 Å². The molecular formula is C52H93NO3. The fourth-order valence-corrected chi connectivity index (χ4v) is 7.01. The van der Waals surface area contributed by atoms with Gasteiger partial charge >= 0.3 is 0 Å². The van der Waals surface area contributed by atoms with E-state index in [0.717, 1.165) is 57.8 Å². The van der Waals surface area contributed by atoms with Gasteiger partial charge < -0.3 is 15.5 Å². The van der Waals surface area contributed by atoms with E-state index in [-0.39, 0.29) is 12.5 Å². The lowest BCUT2D eigenvalue weighted by Crippen LogP contribution is -2.45. The van der Waals surface area contributed by atoms with Gasteiger partial charge in [-0.15, -0.1) is 0 Å². The average molecular weight is 780 g/mol. The van der Waals surface area contributed by atoms with Crippen LogP contribution in [0.3, 0.4) is 0 Å². The molecule has 0 bridgehead atoms. The molecule has 0 aliphatic carbocycles. The lowest BCUT2D eigenvalue weighted by Gasteiger charge is -2.19. The third-order valence-corrected chi connectivity index (χ3v) is 10.7. The molecule has 56 heavy (non-hydrogen) atoms. The number of hydrogen-bond donors (Lipinski definition) is 3. The second-order valence-electron chi connectivity index (χ2n) is 16.1. The molecule has 0 heterocycles. The highest BCUT2D eigenvalue weighted by Gasteiger charge is 2.17. The topological polar surface area (TPSA) is 69.6 Å². The van der Waals surface area contributed by atoms with Crippen molar-refractivity contribution < 1.29 is 15.0 Å². The minimum absolute atomic E-state index is 0.0752. The fourth-order valence-electron chi connectivity index (χ4n) is 7.01. The predicted molar refractivity (Wildman–Crippen MR) is 248 cm³/mol. The van der Waals surface area contributed by atoms with E-state index in [4.69, 9.17) is 0 Å². The first-order valence-electron chi connectivity index (χ1n) is 24.2. The molecule has 1 amide bonds. The first-order valence-corrected chi connectivity index (χ1v) is 24.2. The van der Waals surface area contributed by atoms with Crippen LogP contribution in [0.25, 0.3) is 0 Å². The summed E-state index contributed by atoms with van der Waals surface area (Å²) in [5.41, 5.74) is 0. The molecule has 0 radical (unpaired) electrons. The first kappa shape index (κ1) is 53.8. The molecule has 324 valence electrons. The molecule has 0 aliphatic heterocycles. The number of carbonyl (C=O) groups excluding carboxylic acids is 1. The van der Waals surface area contributed by atoms with Gasteiger partial charge in [-0.05, 0) is 70.6 Å². The molecule has 0 spiro atoms. The Morgan fingerprint density at radius 3 is 1.25 bits per heavy atom. The van der Waals surface area contributed by atoms with Crippen molar-refractivity contribution in [3.63, 3.8) is 0 Å². The van der Waals surface area contributed by atoms with Crippen LogP contribution in [0.5, 0.6) is 0 Å². The molecule has 0 aromatic carbocycles. The summed E-state index contributed by atoms with van der Waals surface area (Å²) in [5, 5.41) is 22.9. The molecule has 0 saturated heterocycles. The number of rotatable bonds is 43. The number of hydrogen-bond acceptors (Lipinski definition) is 3. The van der Waals surface area contributed by atoms with Gasteiger partial charge in [-0.1, -0.05) is 228 Å². The van der Waals surface area contributed by atoms with Crippen molar-refractivity contribution in [1.82, 2.24) is 5.32 Å². The van der Waals surface area contributed by atoms with Gasteiger partial charge in [0.05, 0.1) is 18.8 Å². The van der Waals surface area contributed by atoms with Crippen molar-refractivity contribution in [3.05, 3.63) is 72.9 Å². The van der Waals surface area contributed by atoms with Gasteiger partial charge in [0.2, 0.25) is 5.91 Å². The summed E-state index contributed by atoms with van der Waals surface area (Å²) < 4.78 is 0. The molecule has 0 aromatic heterocycles. The number of amides is 1. The largest absolute Gasteiger partial charge is 0.394 e. The fraction of sp³-hybridized carbons (Fsp3) is 0.750. The molecule has 0 rings (SSSR count). The number of aliphatic hydroxyl groups is 2. The maximum Gasteiger partial charge on any atom is 0.220 e. The van der Waals surface area contributed by atoms with Gasteiger partial charge in [-0.2, -0.15) is 0 Å². The minimum Gasteiger partial charge on any atom is -0.394 e. The van der Waals surface area contributed by atoms with Crippen LogP contribution >= 0.6 is 0 Å². The maximum atomic E-state index is 12.4. The van der Waals surface area contributed by atoms with Crippen LogP contribution in [0.15, 0.2) is 72.9 Å². The summed E-state index contributed by atoms with van der Waals surface area (Å²) in [6, 6.07) is -0.638. The van der Waals surface area contributed by atoms with Crippen LogP contribution in [-0.4, -0.2) is 34.9 Å². The Morgan fingerprint density at radius 1 is 0.446 bits per heavy atom. The van der Waals surface area contributed by atoms with Gasteiger partial charge in [0.1, 0.15) is 0 Å². The Bertz CT molecular complexity index is 977. The molecule has 4 nitrogen and oxygen atoms in total. The SMILES string of the molecule is CC/C=C\C/C=C\C/C=C\C/C=C\CCCCCCCCCCCCCCCCCCCCCCC(=O)NC(CO)C(O)/C=C/CC/C=C/CCCCCCC.